The number of nitrogens with zero attached hydrogens (tertiary/aromatic N) is 1. The minimum atomic E-state index is -4.39. The molecule has 2 rings (SSSR count). The minimum absolute atomic E-state index is 0.0740. The quantitative estimate of drug-likeness (QED) is 0.500. The maximum atomic E-state index is 12.5. The van der Waals surface area contributed by atoms with E-state index in [1.807, 2.05) is 11.5 Å². The Morgan fingerprint density at radius 2 is 1.55 bits per heavy atom. The van der Waals surface area contributed by atoms with Crippen LogP contribution in [0.5, 0.6) is 0 Å². The molecule has 104 valence electrons. The highest BCUT2D eigenvalue weighted by Crippen LogP contribution is 2.29. The van der Waals surface area contributed by atoms with Crippen LogP contribution in [0.2, 0.25) is 0 Å². The number of hydroxylamine groups is 1. The second kappa shape index (κ2) is 5.75. The number of nitrogens with one attached hydrogen (secondary N) is 1. The van der Waals surface area contributed by atoms with Gasteiger partial charge in [-0.15, -0.1) is 0 Å². The average Bonchev–Trinajstić information content (AvgIpc) is 2.45. The topological polar surface area (TPSA) is 44.6 Å². The van der Waals surface area contributed by atoms with Crippen LogP contribution in [-0.4, -0.2) is 11.0 Å². The Morgan fingerprint density at radius 3 is 2.05 bits per heavy atom. The van der Waals surface area contributed by atoms with Gasteiger partial charge in [-0.05, 0) is 24.3 Å². The molecule has 0 fully saturated rings. The summed E-state index contributed by atoms with van der Waals surface area (Å²) < 4.78 is 37.4. The number of halogens is 3. The van der Waals surface area contributed by atoms with Crippen LogP contribution in [-0.2, 0) is 6.18 Å². The van der Waals surface area contributed by atoms with Crippen LogP contribution in [0.15, 0.2) is 59.6 Å². The molecular weight excluding hydrogens is 269 g/mol. The van der Waals surface area contributed by atoms with E-state index in [2.05, 4.69) is 4.99 Å². The van der Waals surface area contributed by atoms with Crippen LogP contribution in [0, 0.1) is 0 Å². The molecule has 0 aliphatic rings. The van der Waals surface area contributed by atoms with Crippen LogP contribution in [0.3, 0.4) is 0 Å². The molecule has 0 amide bonds. The van der Waals surface area contributed by atoms with Gasteiger partial charge in [-0.25, -0.2) is 4.99 Å². The highest BCUT2D eigenvalue weighted by molar-refractivity contribution is 5.99. The second-order valence-electron chi connectivity index (χ2n) is 3.98. The zero-order chi connectivity index (χ0) is 14.6. The fourth-order valence-electron chi connectivity index (χ4n) is 1.60. The molecule has 0 aliphatic heterocycles. The number of hydrogen-bond acceptors (Lipinski definition) is 2. The van der Waals surface area contributed by atoms with Crippen molar-refractivity contribution in [3.63, 3.8) is 0 Å². The summed E-state index contributed by atoms with van der Waals surface area (Å²) >= 11 is 0. The van der Waals surface area contributed by atoms with Crippen molar-refractivity contribution in [1.82, 2.24) is 5.48 Å². The Kier molecular flexibility index (Phi) is 4.05. The molecule has 2 N–H and O–H groups in total. The van der Waals surface area contributed by atoms with Crippen molar-refractivity contribution in [2.45, 2.75) is 6.18 Å². The molecule has 0 spiro atoms. The molecule has 0 radical (unpaired) electrons. The van der Waals surface area contributed by atoms with Crippen LogP contribution < -0.4 is 5.48 Å². The summed E-state index contributed by atoms with van der Waals surface area (Å²) in [5, 5.41) is 9.07. The third-order valence-corrected chi connectivity index (χ3v) is 2.59. The van der Waals surface area contributed by atoms with E-state index in [9.17, 15) is 13.2 Å². The van der Waals surface area contributed by atoms with Crippen LogP contribution in [0.25, 0.3) is 0 Å². The normalized spacial score (nSPS) is 12.3. The first kappa shape index (κ1) is 14.1. The fraction of sp³-hybridized carbons (Fsp3) is 0.0714. The smallest absolute Gasteiger partial charge is 0.290 e. The van der Waals surface area contributed by atoms with Gasteiger partial charge in [-0.2, -0.15) is 13.2 Å². The molecule has 2 aromatic rings. The van der Waals surface area contributed by atoms with Crippen molar-refractivity contribution in [1.29, 1.82) is 0 Å². The molecule has 0 aliphatic carbocycles. The number of alkyl halides is 3. The number of para-hydroxylation sites is 1. The third-order valence-electron chi connectivity index (χ3n) is 2.59. The zero-order valence-electron chi connectivity index (χ0n) is 10.2. The lowest BCUT2D eigenvalue weighted by Crippen LogP contribution is -2.20. The second-order valence-corrected chi connectivity index (χ2v) is 3.98. The summed E-state index contributed by atoms with van der Waals surface area (Å²) in [4.78, 5) is 4.11. The highest BCUT2D eigenvalue weighted by atomic mass is 19.4. The Hall–Kier alpha value is -2.34. The van der Waals surface area contributed by atoms with Gasteiger partial charge in [0, 0.05) is 5.56 Å². The van der Waals surface area contributed by atoms with E-state index in [-0.39, 0.29) is 5.84 Å². The zero-order valence-corrected chi connectivity index (χ0v) is 10.2. The fourth-order valence-corrected chi connectivity index (χ4v) is 1.60. The van der Waals surface area contributed by atoms with E-state index in [0.29, 0.717) is 11.3 Å². The van der Waals surface area contributed by atoms with E-state index in [0.717, 1.165) is 12.1 Å². The van der Waals surface area contributed by atoms with Crippen molar-refractivity contribution >= 4 is 11.5 Å². The third kappa shape index (κ3) is 3.36. The highest BCUT2D eigenvalue weighted by Gasteiger charge is 2.30. The van der Waals surface area contributed by atoms with Gasteiger partial charge in [-0.1, -0.05) is 30.3 Å². The molecule has 0 bridgehead atoms. The molecule has 20 heavy (non-hydrogen) atoms. The summed E-state index contributed by atoms with van der Waals surface area (Å²) in [5.41, 5.74) is 2.07. The van der Waals surface area contributed by atoms with Gasteiger partial charge in [0.15, 0.2) is 5.84 Å². The molecule has 6 heteroatoms. The van der Waals surface area contributed by atoms with E-state index in [1.165, 1.54) is 12.1 Å². The van der Waals surface area contributed by atoms with Gasteiger partial charge in [0.25, 0.3) is 0 Å². The molecule has 0 heterocycles. The Bertz CT molecular complexity index is 592. The first-order valence-electron chi connectivity index (χ1n) is 5.72. The molecule has 0 atom stereocenters. The predicted octanol–water partition coefficient (Wildman–Crippen LogP) is 3.76. The van der Waals surface area contributed by atoms with Gasteiger partial charge in [-0.3, -0.25) is 10.7 Å². The lowest BCUT2D eigenvalue weighted by Gasteiger charge is -2.09. The van der Waals surface area contributed by atoms with Crippen LogP contribution >= 0.6 is 0 Å². The van der Waals surface area contributed by atoms with Crippen molar-refractivity contribution < 1.29 is 18.4 Å². The SMILES string of the molecule is ONC(=Nc1ccccc1)c1ccc(C(F)(F)F)cc1. The van der Waals surface area contributed by atoms with Crippen molar-refractivity contribution in [2.24, 2.45) is 4.99 Å². The monoisotopic (exact) mass is 280 g/mol. The number of benzene rings is 2. The maximum Gasteiger partial charge on any atom is 0.416 e. The molecule has 0 saturated heterocycles. The van der Waals surface area contributed by atoms with E-state index in [1.54, 1.807) is 24.3 Å². The first-order valence-corrected chi connectivity index (χ1v) is 5.72. The first-order chi connectivity index (χ1) is 9.50. The van der Waals surface area contributed by atoms with Gasteiger partial charge in [0.1, 0.15) is 0 Å². The molecular formula is C14H11F3N2O. The summed E-state index contributed by atoms with van der Waals surface area (Å²) in [6.07, 6.45) is -4.39. The summed E-state index contributed by atoms with van der Waals surface area (Å²) in [7, 11) is 0. The summed E-state index contributed by atoms with van der Waals surface area (Å²) in [6, 6.07) is 13.1. The number of aliphatic imine (C=N–C) groups is 1. The lowest BCUT2D eigenvalue weighted by atomic mass is 10.1. The van der Waals surface area contributed by atoms with E-state index in [4.69, 9.17) is 5.21 Å². The number of amidine groups is 1. The van der Waals surface area contributed by atoms with E-state index >= 15 is 0 Å². The Morgan fingerprint density at radius 1 is 0.950 bits per heavy atom. The Balaban J connectivity index is 2.31. The van der Waals surface area contributed by atoms with E-state index < -0.39 is 11.7 Å². The largest absolute Gasteiger partial charge is 0.416 e. The number of hydrogen-bond donors (Lipinski definition) is 2. The summed E-state index contributed by atoms with van der Waals surface area (Å²) in [5.74, 6) is 0.0740. The van der Waals surface area contributed by atoms with Gasteiger partial charge >= 0.3 is 6.18 Å². The average molecular weight is 280 g/mol. The molecule has 2 aromatic carbocycles. The molecule has 0 unspecified atom stereocenters. The van der Waals surface area contributed by atoms with Crippen LogP contribution in [0.4, 0.5) is 18.9 Å². The van der Waals surface area contributed by atoms with Crippen molar-refractivity contribution in [3.8, 4) is 0 Å². The maximum absolute atomic E-state index is 12.5. The lowest BCUT2D eigenvalue weighted by molar-refractivity contribution is -0.137. The van der Waals surface area contributed by atoms with Gasteiger partial charge < -0.3 is 0 Å². The van der Waals surface area contributed by atoms with Crippen LogP contribution in [0.1, 0.15) is 11.1 Å². The van der Waals surface area contributed by atoms with Crippen molar-refractivity contribution in [3.05, 3.63) is 65.7 Å². The summed E-state index contributed by atoms with van der Waals surface area (Å²) in [6.45, 7) is 0. The Labute approximate surface area is 113 Å². The van der Waals surface area contributed by atoms with Gasteiger partial charge in [0.05, 0.1) is 11.3 Å². The standard InChI is InChI=1S/C14H11F3N2O/c15-14(16,17)11-8-6-10(7-9-11)13(19-20)18-12-4-2-1-3-5-12/h1-9,20H,(H,18,19). The molecule has 0 aromatic heterocycles. The van der Waals surface area contributed by atoms with Crippen molar-refractivity contribution in [2.75, 3.05) is 0 Å². The number of rotatable bonds is 2. The predicted molar refractivity (Wildman–Crippen MR) is 69.0 cm³/mol. The molecule has 0 saturated carbocycles. The molecule has 3 nitrogen and oxygen atoms in total. The van der Waals surface area contributed by atoms with Gasteiger partial charge in [0.2, 0.25) is 0 Å². The minimum Gasteiger partial charge on any atom is -0.290 e.